The van der Waals surface area contributed by atoms with E-state index in [9.17, 15) is 19.7 Å². The molecule has 0 aliphatic rings. The van der Waals surface area contributed by atoms with E-state index in [1.54, 1.807) is 16.8 Å². The summed E-state index contributed by atoms with van der Waals surface area (Å²) in [5.41, 5.74) is 1.42. The van der Waals surface area contributed by atoms with Crippen LogP contribution in [0.15, 0.2) is 60.7 Å². The SMILES string of the molecule is Cc1nn(-c2ccccc2)c2sc(C(=O)OC(C)C(=O)Nc3ccccc3[N+](=O)[O-])cc12. The Labute approximate surface area is 186 Å². The first kappa shape index (κ1) is 21.2. The van der Waals surface area contributed by atoms with E-state index in [4.69, 9.17) is 4.74 Å². The lowest BCUT2D eigenvalue weighted by Gasteiger charge is -2.13. The zero-order valence-corrected chi connectivity index (χ0v) is 18.0. The van der Waals surface area contributed by atoms with Crippen LogP contribution >= 0.6 is 11.3 Å². The maximum Gasteiger partial charge on any atom is 0.349 e. The molecule has 32 heavy (non-hydrogen) atoms. The molecule has 2 heterocycles. The van der Waals surface area contributed by atoms with Gasteiger partial charge in [0.15, 0.2) is 6.10 Å². The molecule has 0 aliphatic heterocycles. The molecule has 0 saturated heterocycles. The molecule has 1 N–H and O–H groups in total. The highest BCUT2D eigenvalue weighted by Gasteiger charge is 2.24. The number of hydrogen-bond acceptors (Lipinski definition) is 7. The number of nitro benzene ring substituents is 1. The minimum atomic E-state index is -1.15. The number of hydrogen-bond donors (Lipinski definition) is 1. The molecule has 0 fully saturated rings. The molecule has 4 aromatic rings. The third kappa shape index (κ3) is 4.08. The van der Waals surface area contributed by atoms with Crippen LogP contribution in [0.1, 0.15) is 22.3 Å². The Kier molecular flexibility index (Phi) is 5.69. The first-order valence-corrected chi connectivity index (χ1v) is 10.5. The van der Waals surface area contributed by atoms with Crippen molar-refractivity contribution in [2.75, 3.05) is 5.32 Å². The van der Waals surface area contributed by atoms with Crippen molar-refractivity contribution in [2.24, 2.45) is 0 Å². The third-order valence-corrected chi connectivity index (χ3v) is 5.85. The van der Waals surface area contributed by atoms with Gasteiger partial charge in [-0.2, -0.15) is 5.10 Å². The molecule has 2 aromatic heterocycles. The van der Waals surface area contributed by atoms with E-state index in [0.717, 1.165) is 21.6 Å². The van der Waals surface area contributed by atoms with E-state index in [2.05, 4.69) is 10.4 Å². The average molecular weight is 450 g/mol. The zero-order valence-electron chi connectivity index (χ0n) is 17.1. The number of esters is 1. The topological polar surface area (TPSA) is 116 Å². The number of aryl methyl sites for hydroxylation is 1. The summed E-state index contributed by atoms with van der Waals surface area (Å²) in [6.07, 6.45) is -1.15. The van der Waals surface area contributed by atoms with Crippen LogP contribution in [-0.2, 0) is 9.53 Å². The largest absolute Gasteiger partial charge is 0.448 e. The van der Waals surface area contributed by atoms with Gasteiger partial charge in [0, 0.05) is 11.5 Å². The highest BCUT2D eigenvalue weighted by atomic mass is 32.1. The Bertz CT molecular complexity index is 1330. The lowest BCUT2D eigenvalue weighted by atomic mass is 10.2. The number of para-hydroxylation sites is 3. The molecule has 0 bridgehead atoms. The van der Waals surface area contributed by atoms with Crippen LogP contribution < -0.4 is 5.32 Å². The van der Waals surface area contributed by atoms with Crippen LogP contribution in [-0.4, -0.2) is 32.7 Å². The monoisotopic (exact) mass is 450 g/mol. The fraction of sp³-hybridized carbons (Fsp3) is 0.136. The van der Waals surface area contributed by atoms with Crippen molar-refractivity contribution in [3.05, 3.63) is 81.3 Å². The maximum atomic E-state index is 12.7. The molecule has 0 spiro atoms. The molecule has 162 valence electrons. The van der Waals surface area contributed by atoms with Crippen LogP contribution in [0, 0.1) is 17.0 Å². The number of thiophene rings is 1. The standard InChI is InChI=1S/C22H18N4O5S/c1-13-16-12-19(32-21(16)25(24-13)15-8-4-3-5-9-15)22(28)31-14(2)20(27)23-17-10-6-7-11-18(17)26(29)30/h3-12,14H,1-2H3,(H,23,27). The number of nitrogens with zero attached hydrogens (tertiary/aromatic N) is 3. The van der Waals surface area contributed by atoms with E-state index in [0.29, 0.717) is 4.88 Å². The summed E-state index contributed by atoms with van der Waals surface area (Å²) in [6, 6.07) is 17.0. The van der Waals surface area contributed by atoms with Gasteiger partial charge in [-0.25, -0.2) is 9.48 Å². The van der Waals surface area contributed by atoms with Gasteiger partial charge in [-0.3, -0.25) is 14.9 Å². The van der Waals surface area contributed by atoms with Gasteiger partial charge < -0.3 is 10.1 Å². The fourth-order valence-corrected chi connectivity index (χ4v) is 4.20. The Balaban J connectivity index is 1.51. The number of aromatic nitrogens is 2. The third-order valence-electron chi connectivity index (χ3n) is 4.76. The van der Waals surface area contributed by atoms with Crippen LogP contribution in [0.2, 0.25) is 0 Å². The quantitative estimate of drug-likeness (QED) is 0.263. The van der Waals surface area contributed by atoms with Gasteiger partial charge in [0.25, 0.3) is 11.6 Å². The predicted octanol–water partition coefficient (Wildman–Crippen LogP) is 4.49. The van der Waals surface area contributed by atoms with Gasteiger partial charge in [0.2, 0.25) is 0 Å². The van der Waals surface area contributed by atoms with Gasteiger partial charge in [0.05, 0.1) is 16.3 Å². The molecular weight excluding hydrogens is 432 g/mol. The fourth-order valence-electron chi connectivity index (χ4n) is 3.14. The van der Waals surface area contributed by atoms with Gasteiger partial charge in [0.1, 0.15) is 15.4 Å². The second kappa shape index (κ2) is 8.60. The summed E-state index contributed by atoms with van der Waals surface area (Å²) in [6.45, 7) is 3.26. The Hall–Kier alpha value is -4.05. The first-order chi connectivity index (χ1) is 15.3. The van der Waals surface area contributed by atoms with E-state index in [1.807, 2.05) is 37.3 Å². The number of carbonyl (C=O) groups excluding carboxylic acids is 2. The minimum absolute atomic E-state index is 0.0332. The summed E-state index contributed by atoms with van der Waals surface area (Å²) in [4.78, 5) is 36.8. The molecule has 4 rings (SSSR count). The van der Waals surface area contributed by atoms with Gasteiger partial charge >= 0.3 is 5.97 Å². The first-order valence-electron chi connectivity index (χ1n) is 9.65. The van der Waals surface area contributed by atoms with Gasteiger partial charge in [-0.1, -0.05) is 30.3 Å². The summed E-state index contributed by atoms with van der Waals surface area (Å²) in [5, 5.41) is 18.9. The van der Waals surface area contributed by atoms with Crippen molar-refractivity contribution in [2.45, 2.75) is 20.0 Å². The minimum Gasteiger partial charge on any atom is -0.448 e. The summed E-state index contributed by atoms with van der Waals surface area (Å²) in [7, 11) is 0. The number of rotatable bonds is 6. The maximum absolute atomic E-state index is 12.7. The van der Waals surface area contributed by atoms with Crippen LogP contribution in [0.5, 0.6) is 0 Å². The Morgan fingerprint density at radius 1 is 1.16 bits per heavy atom. The molecule has 0 aliphatic carbocycles. The van der Waals surface area contributed by atoms with Crippen LogP contribution in [0.3, 0.4) is 0 Å². The second-order valence-corrected chi connectivity index (χ2v) is 8.00. The summed E-state index contributed by atoms with van der Waals surface area (Å²) in [5.74, 6) is -1.32. The molecule has 0 saturated carbocycles. The van der Waals surface area contributed by atoms with Crippen molar-refractivity contribution in [1.82, 2.24) is 9.78 Å². The van der Waals surface area contributed by atoms with E-state index >= 15 is 0 Å². The van der Waals surface area contributed by atoms with Crippen LogP contribution in [0.25, 0.3) is 15.9 Å². The van der Waals surface area contributed by atoms with Crippen LogP contribution in [0.4, 0.5) is 11.4 Å². The molecule has 10 heteroatoms. The number of nitrogens with one attached hydrogen (secondary N) is 1. The normalized spacial score (nSPS) is 11.8. The van der Waals surface area contributed by atoms with Crippen molar-refractivity contribution in [1.29, 1.82) is 0 Å². The summed E-state index contributed by atoms with van der Waals surface area (Å²) >= 11 is 1.22. The number of fused-ring (bicyclic) bond motifs is 1. The van der Waals surface area contributed by atoms with Crippen molar-refractivity contribution < 1.29 is 19.2 Å². The Morgan fingerprint density at radius 3 is 2.56 bits per heavy atom. The van der Waals surface area contributed by atoms with Gasteiger partial charge in [-0.05, 0) is 38.1 Å². The zero-order chi connectivity index (χ0) is 22.8. The number of amides is 1. The van der Waals surface area contributed by atoms with E-state index < -0.39 is 22.9 Å². The van der Waals surface area contributed by atoms with E-state index in [-0.39, 0.29) is 11.4 Å². The number of benzene rings is 2. The van der Waals surface area contributed by atoms with Gasteiger partial charge in [-0.15, -0.1) is 11.3 Å². The lowest BCUT2D eigenvalue weighted by Crippen LogP contribution is -2.30. The molecular formula is C22H18N4O5S. The average Bonchev–Trinajstić information content (AvgIpc) is 3.35. The van der Waals surface area contributed by atoms with Crippen molar-refractivity contribution in [3.63, 3.8) is 0 Å². The Morgan fingerprint density at radius 2 is 1.84 bits per heavy atom. The molecule has 1 unspecified atom stereocenters. The number of anilines is 1. The van der Waals surface area contributed by atoms with Crippen molar-refractivity contribution in [3.8, 4) is 5.69 Å². The van der Waals surface area contributed by atoms with E-state index in [1.165, 1.54) is 36.5 Å². The number of carbonyl (C=O) groups is 2. The second-order valence-electron chi connectivity index (χ2n) is 6.97. The molecule has 1 atom stereocenters. The molecule has 9 nitrogen and oxygen atoms in total. The molecule has 2 aromatic carbocycles. The smallest absolute Gasteiger partial charge is 0.349 e. The predicted molar refractivity (Wildman–Crippen MR) is 120 cm³/mol. The lowest BCUT2D eigenvalue weighted by molar-refractivity contribution is -0.383. The molecule has 0 radical (unpaired) electrons. The number of ether oxygens (including phenoxy) is 1. The number of nitro groups is 1. The summed E-state index contributed by atoms with van der Waals surface area (Å²) < 4.78 is 7.08. The molecule has 1 amide bonds. The highest BCUT2D eigenvalue weighted by molar-refractivity contribution is 7.20. The van der Waals surface area contributed by atoms with Crippen molar-refractivity contribution >= 4 is 44.8 Å². The highest BCUT2D eigenvalue weighted by Crippen LogP contribution is 2.31.